The lowest BCUT2D eigenvalue weighted by Crippen LogP contribution is -2.43. The van der Waals surface area contributed by atoms with Crippen molar-refractivity contribution in [1.82, 2.24) is 10.3 Å². The van der Waals surface area contributed by atoms with Gasteiger partial charge in [-0.1, -0.05) is 25.1 Å². The Balaban J connectivity index is 2.32. The Bertz CT molecular complexity index is 674. The van der Waals surface area contributed by atoms with Gasteiger partial charge in [0.15, 0.2) is 0 Å². The maximum absolute atomic E-state index is 12.3. The van der Waals surface area contributed by atoms with E-state index in [1.54, 1.807) is 0 Å². The molecular formula is C18H24N2O. The first-order valence-electron chi connectivity index (χ1n) is 7.50. The highest BCUT2D eigenvalue weighted by Gasteiger charge is 2.19. The molecule has 112 valence electrons. The minimum atomic E-state index is -0.164. The van der Waals surface area contributed by atoms with Crippen LogP contribution < -0.4 is 5.32 Å². The number of carbonyl (C=O) groups is 1. The number of aryl methyl sites for hydroxylation is 2. The van der Waals surface area contributed by atoms with Gasteiger partial charge in [0.2, 0.25) is 5.91 Å². The third kappa shape index (κ3) is 3.41. The summed E-state index contributed by atoms with van der Waals surface area (Å²) in [5, 5.41) is 4.22. The lowest BCUT2D eigenvalue weighted by atomic mass is 9.97. The van der Waals surface area contributed by atoms with Crippen molar-refractivity contribution in [2.45, 2.75) is 53.0 Å². The number of hydrogen-bond acceptors (Lipinski definition) is 2. The van der Waals surface area contributed by atoms with E-state index in [9.17, 15) is 4.79 Å². The van der Waals surface area contributed by atoms with Gasteiger partial charge in [-0.15, -0.1) is 0 Å². The van der Waals surface area contributed by atoms with Crippen molar-refractivity contribution in [2.75, 3.05) is 0 Å². The standard InChI is InChI=1S/C18H24N2O/c1-6-18(4,5)20-17(21)11-15-12(2)14-9-7-8-10-16(14)19-13(15)3/h7-10H,6,11H2,1-5H3,(H,20,21). The van der Waals surface area contributed by atoms with Gasteiger partial charge in [-0.05, 0) is 51.3 Å². The fourth-order valence-electron chi connectivity index (χ4n) is 2.50. The van der Waals surface area contributed by atoms with Gasteiger partial charge < -0.3 is 5.32 Å². The molecule has 0 bridgehead atoms. The van der Waals surface area contributed by atoms with Crippen LogP contribution in [0.15, 0.2) is 24.3 Å². The van der Waals surface area contributed by atoms with Crippen molar-refractivity contribution in [3.8, 4) is 0 Å². The number of benzene rings is 1. The number of nitrogens with one attached hydrogen (secondary N) is 1. The van der Waals surface area contributed by atoms with Gasteiger partial charge in [0.25, 0.3) is 0 Å². The molecule has 0 atom stereocenters. The fourth-order valence-corrected chi connectivity index (χ4v) is 2.50. The Labute approximate surface area is 126 Å². The largest absolute Gasteiger partial charge is 0.351 e. The zero-order valence-corrected chi connectivity index (χ0v) is 13.6. The van der Waals surface area contributed by atoms with Gasteiger partial charge in [0, 0.05) is 16.6 Å². The smallest absolute Gasteiger partial charge is 0.224 e. The molecule has 1 N–H and O–H groups in total. The van der Waals surface area contributed by atoms with Crippen LogP contribution in [-0.2, 0) is 11.2 Å². The Morgan fingerprint density at radius 2 is 1.90 bits per heavy atom. The van der Waals surface area contributed by atoms with Gasteiger partial charge in [-0.25, -0.2) is 0 Å². The molecule has 3 heteroatoms. The number of hydrogen-bond donors (Lipinski definition) is 1. The lowest BCUT2D eigenvalue weighted by Gasteiger charge is -2.25. The zero-order valence-electron chi connectivity index (χ0n) is 13.6. The van der Waals surface area contributed by atoms with Crippen LogP contribution >= 0.6 is 0 Å². The number of fused-ring (bicyclic) bond motifs is 1. The minimum absolute atomic E-state index is 0.0603. The molecule has 1 amide bonds. The van der Waals surface area contributed by atoms with Crippen LogP contribution in [0.2, 0.25) is 0 Å². The number of carbonyl (C=O) groups excluding carboxylic acids is 1. The van der Waals surface area contributed by atoms with Gasteiger partial charge in [-0.2, -0.15) is 0 Å². The summed E-state index contributed by atoms with van der Waals surface area (Å²) in [6.07, 6.45) is 1.30. The molecule has 0 aliphatic rings. The SMILES string of the molecule is CCC(C)(C)NC(=O)Cc1c(C)nc2ccccc2c1C. The second kappa shape index (κ2) is 5.84. The van der Waals surface area contributed by atoms with E-state index in [2.05, 4.69) is 30.2 Å². The number of amides is 1. The van der Waals surface area contributed by atoms with Crippen LogP contribution in [0.5, 0.6) is 0 Å². The summed E-state index contributed by atoms with van der Waals surface area (Å²) in [5.41, 5.74) is 3.96. The molecule has 0 aliphatic heterocycles. The Morgan fingerprint density at radius 1 is 1.24 bits per heavy atom. The molecular weight excluding hydrogens is 260 g/mol. The lowest BCUT2D eigenvalue weighted by molar-refractivity contribution is -0.122. The average molecular weight is 284 g/mol. The number of nitrogens with zero attached hydrogens (tertiary/aromatic N) is 1. The van der Waals surface area contributed by atoms with Crippen LogP contribution in [0.25, 0.3) is 10.9 Å². The van der Waals surface area contributed by atoms with Crippen molar-refractivity contribution in [1.29, 1.82) is 0 Å². The first-order chi connectivity index (χ1) is 9.84. The van der Waals surface area contributed by atoms with E-state index in [0.717, 1.165) is 34.1 Å². The predicted octanol–water partition coefficient (Wildman–Crippen LogP) is 3.70. The molecule has 3 nitrogen and oxygen atoms in total. The maximum Gasteiger partial charge on any atom is 0.224 e. The van der Waals surface area contributed by atoms with E-state index in [1.807, 2.05) is 39.0 Å². The predicted molar refractivity (Wildman–Crippen MR) is 87.4 cm³/mol. The Morgan fingerprint density at radius 3 is 2.57 bits per heavy atom. The highest BCUT2D eigenvalue weighted by atomic mass is 16.1. The molecule has 0 saturated carbocycles. The van der Waals surface area contributed by atoms with E-state index in [0.29, 0.717) is 6.42 Å². The molecule has 0 saturated heterocycles. The van der Waals surface area contributed by atoms with Crippen LogP contribution in [0.3, 0.4) is 0 Å². The number of aromatic nitrogens is 1. The molecule has 21 heavy (non-hydrogen) atoms. The number of para-hydroxylation sites is 1. The van der Waals surface area contributed by atoms with Crippen LogP contribution in [0, 0.1) is 13.8 Å². The average Bonchev–Trinajstić information content (AvgIpc) is 2.43. The third-order valence-electron chi connectivity index (χ3n) is 4.18. The van der Waals surface area contributed by atoms with E-state index < -0.39 is 0 Å². The summed E-state index contributed by atoms with van der Waals surface area (Å²) in [6, 6.07) is 8.08. The van der Waals surface area contributed by atoms with Gasteiger partial charge in [-0.3, -0.25) is 9.78 Å². The van der Waals surface area contributed by atoms with Crippen molar-refractivity contribution in [3.05, 3.63) is 41.1 Å². The molecule has 2 rings (SSSR count). The van der Waals surface area contributed by atoms with E-state index >= 15 is 0 Å². The van der Waals surface area contributed by atoms with Crippen molar-refractivity contribution in [2.24, 2.45) is 0 Å². The Kier molecular flexibility index (Phi) is 4.31. The molecule has 1 heterocycles. The first-order valence-corrected chi connectivity index (χ1v) is 7.50. The highest BCUT2D eigenvalue weighted by molar-refractivity contribution is 5.86. The van der Waals surface area contributed by atoms with Crippen LogP contribution in [0.4, 0.5) is 0 Å². The number of pyridine rings is 1. The van der Waals surface area contributed by atoms with Crippen molar-refractivity contribution < 1.29 is 4.79 Å². The maximum atomic E-state index is 12.3. The van der Waals surface area contributed by atoms with Crippen molar-refractivity contribution >= 4 is 16.8 Å². The Hall–Kier alpha value is -1.90. The summed E-state index contributed by atoms with van der Waals surface area (Å²) >= 11 is 0. The fraction of sp³-hybridized carbons (Fsp3) is 0.444. The summed E-state index contributed by atoms with van der Waals surface area (Å²) in [7, 11) is 0. The highest BCUT2D eigenvalue weighted by Crippen LogP contribution is 2.23. The molecule has 0 radical (unpaired) electrons. The van der Waals surface area contributed by atoms with Crippen molar-refractivity contribution in [3.63, 3.8) is 0 Å². The molecule has 1 aromatic heterocycles. The van der Waals surface area contributed by atoms with E-state index in [4.69, 9.17) is 0 Å². The van der Waals surface area contributed by atoms with E-state index in [-0.39, 0.29) is 11.4 Å². The first kappa shape index (κ1) is 15.5. The summed E-state index contributed by atoms with van der Waals surface area (Å²) < 4.78 is 0. The second-order valence-corrected chi connectivity index (χ2v) is 6.28. The zero-order chi connectivity index (χ0) is 15.6. The van der Waals surface area contributed by atoms with Crippen LogP contribution in [-0.4, -0.2) is 16.4 Å². The number of rotatable bonds is 4. The van der Waals surface area contributed by atoms with Gasteiger partial charge >= 0.3 is 0 Å². The second-order valence-electron chi connectivity index (χ2n) is 6.28. The summed E-state index contributed by atoms with van der Waals surface area (Å²) in [4.78, 5) is 16.9. The molecule has 0 aliphatic carbocycles. The monoisotopic (exact) mass is 284 g/mol. The normalized spacial score (nSPS) is 11.7. The topological polar surface area (TPSA) is 42.0 Å². The third-order valence-corrected chi connectivity index (χ3v) is 4.18. The molecule has 2 aromatic rings. The van der Waals surface area contributed by atoms with E-state index in [1.165, 1.54) is 0 Å². The van der Waals surface area contributed by atoms with Gasteiger partial charge in [0.1, 0.15) is 0 Å². The minimum Gasteiger partial charge on any atom is -0.351 e. The molecule has 0 fully saturated rings. The summed E-state index contributed by atoms with van der Waals surface area (Å²) in [5.74, 6) is 0.0603. The quantitative estimate of drug-likeness (QED) is 0.930. The van der Waals surface area contributed by atoms with Gasteiger partial charge in [0.05, 0.1) is 11.9 Å². The molecule has 1 aromatic carbocycles. The molecule has 0 spiro atoms. The van der Waals surface area contributed by atoms with Crippen LogP contribution in [0.1, 0.15) is 44.0 Å². The summed E-state index contributed by atoms with van der Waals surface area (Å²) in [6.45, 7) is 10.2. The molecule has 0 unspecified atom stereocenters.